The second kappa shape index (κ2) is 13.8. The van der Waals surface area contributed by atoms with Gasteiger partial charge in [0.2, 0.25) is 0 Å². The number of unbranched alkanes of at least 4 members (excludes halogenated alkanes) is 6. The highest BCUT2D eigenvalue weighted by Gasteiger charge is 2.17. The van der Waals surface area contributed by atoms with Crippen LogP contribution in [-0.2, 0) is 0 Å². The molecule has 4 aromatic carbocycles. The monoisotopic (exact) mass is 495 g/mol. The molecule has 0 heterocycles. The van der Waals surface area contributed by atoms with E-state index >= 15 is 0 Å². The summed E-state index contributed by atoms with van der Waals surface area (Å²) in [6, 6.07) is 23.1. The second-order valence-corrected chi connectivity index (χ2v) is 9.85. The number of ether oxygens (including phenoxy) is 2. The summed E-state index contributed by atoms with van der Waals surface area (Å²) < 4.78 is 12.8. The van der Waals surface area contributed by atoms with Gasteiger partial charge in [-0.15, -0.1) is 0 Å². The third kappa shape index (κ3) is 6.91. The van der Waals surface area contributed by atoms with Crippen LogP contribution in [0.2, 0.25) is 0 Å². The van der Waals surface area contributed by atoms with Crippen LogP contribution in [-0.4, -0.2) is 19.4 Å². The first-order valence-electron chi connectivity index (χ1n) is 14.1. The molecule has 0 saturated heterocycles. The summed E-state index contributed by atoms with van der Waals surface area (Å²) >= 11 is 0. The van der Waals surface area contributed by atoms with Crippen molar-refractivity contribution in [1.29, 1.82) is 0 Å². The zero-order valence-electron chi connectivity index (χ0n) is 22.8. The lowest BCUT2D eigenvalue weighted by atomic mass is 9.94. The molecule has 0 spiro atoms. The van der Waals surface area contributed by atoms with Gasteiger partial charge in [0.15, 0.2) is 11.5 Å². The van der Waals surface area contributed by atoms with Crippen molar-refractivity contribution in [2.24, 2.45) is 4.99 Å². The van der Waals surface area contributed by atoms with Crippen LogP contribution in [0.1, 0.15) is 76.3 Å². The van der Waals surface area contributed by atoms with Crippen molar-refractivity contribution in [1.82, 2.24) is 0 Å². The number of para-hydroxylation sites is 1. The SMILES string of the molecule is CCCCCCOc1cc2c(cc(C=Nc3ccccc3)c3ccccc32)c(C)c1OCCCCCC. The molecule has 0 amide bonds. The molecule has 0 aromatic heterocycles. The third-order valence-corrected chi connectivity index (χ3v) is 6.97. The lowest BCUT2D eigenvalue weighted by Gasteiger charge is -2.19. The first kappa shape index (κ1) is 26.7. The van der Waals surface area contributed by atoms with Crippen LogP contribution in [0.3, 0.4) is 0 Å². The molecule has 3 nitrogen and oxygen atoms in total. The smallest absolute Gasteiger partial charge is 0.164 e. The van der Waals surface area contributed by atoms with Gasteiger partial charge in [0.05, 0.1) is 18.9 Å². The maximum atomic E-state index is 6.42. The molecule has 4 aromatic rings. The predicted octanol–water partition coefficient (Wildman–Crippen LogP) is 9.97. The highest BCUT2D eigenvalue weighted by atomic mass is 16.5. The fraction of sp³-hybridized carbons (Fsp3) is 0.382. The van der Waals surface area contributed by atoms with E-state index in [0.717, 1.165) is 47.8 Å². The fourth-order valence-corrected chi connectivity index (χ4v) is 4.86. The lowest BCUT2D eigenvalue weighted by molar-refractivity contribution is 0.258. The van der Waals surface area contributed by atoms with Crippen molar-refractivity contribution in [3.8, 4) is 11.5 Å². The molecule has 3 heteroatoms. The lowest BCUT2D eigenvalue weighted by Crippen LogP contribution is -2.05. The molecule has 37 heavy (non-hydrogen) atoms. The number of hydrogen-bond acceptors (Lipinski definition) is 3. The average Bonchev–Trinajstić information content (AvgIpc) is 2.93. The maximum Gasteiger partial charge on any atom is 0.164 e. The van der Waals surface area contributed by atoms with Crippen molar-refractivity contribution in [2.75, 3.05) is 13.2 Å². The van der Waals surface area contributed by atoms with Crippen molar-refractivity contribution >= 4 is 33.4 Å². The van der Waals surface area contributed by atoms with Gasteiger partial charge in [-0.05, 0) is 65.6 Å². The zero-order valence-corrected chi connectivity index (χ0v) is 22.8. The summed E-state index contributed by atoms with van der Waals surface area (Å²) in [6.45, 7) is 8.08. The van der Waals surface area contributed by atoms with E-state index in [4.69, 9.17) is 14.5 Å². The van der Waals surface area contributed by atoms with E-state index < -0.39 is 0 Å². The average molecular weight is 496 g/mol. The van der Waals surface area contributed by atoms with E-state index in [0.29, 0.717) is 6.61 Å². The molecule has 4 rings (SSSR count). The first-order valence-corrected chi connectivity index (χ1v) is 14.1. The first-order chi connectivity index (χ1) is 18.2. The molecule has 0 aliphatic heterocycles. The Balaban J connectivity index is 1.75. The molecule has 0 aliphatic rings. The van der Waals surface area contributed by atoms with Crippen LogP contribution in [0.5, 0.6) is 11.5 Å². The second-order valence-electron chi connectivity index (χ2n) is 9.85. The van der Waals surface area contributed by atoms with Gasteiger partial charge in [-0.1, -0.05) is 94.8 Å². The Morgan fingerprint density at radius 2 is 1.30 bits per heavy atom. The molecular weight excluding hydrogens is 454 g/mol. The van der Waals surface area contributed by atoms with E-state index in [2.05, 4.69) is 57.2 Å². The molecule has 0 unspecified atom stereocenters. The number of aliphatic imine (C=N–C) groups is 1. The number of hydrogen-bond donors (Lipinski definition) is 0. The van der Waals surface area contributed by atoms with Crippen molar-refractivity contribution in [2.45, 2.75) is 72.1 Å². The van der Waals surface area contributed by atoms with Gasteiger partial charge in [0.25, 0.3) is 0 Å². The van der Waals surface area contributed by atoms with Gasteiger partial charge in [0.1, 0.15) is 0 Å². The highest BCUT2D eigenvalue weighted by Crippen LogP contribution is 2.41. The summed E-state index contributed by atoms with van der Waals surface area (Å²) in [5.41, 5.74) is 3.19. The molecule has 0 saturated carbocycles. The van der Waals surface area contributed by atoms with Gasteiger partial charge in [-0.3, -0.25) is 4.99 Å². The topological polar surface area (TPSA) is 30.8 Å². The summed E-state index contributed by atoms with van der Waals surface area (Å²) in [5.74, 6) is 1.76. The van der Waals surface area contributed by atoms with Gasteiger partial charge < -0.3 is 9.47 Å². The standard InChI is InChI=1S/C34H41NO2/c1-4-6-8-15-21-36-33-24-32-30-20-14-13-19-29(30)27(25-35-28-17-11-10-12-18-28)23-31(32)26(3)34(33)37-22-16-9-7-5-2/h10-14,17-20,23-25H,4-9,15-16,21-22H2,1-3H3. The van der Waals surface area contributed by atoms with Gasteiger partial charge in [-0.25, -0.2) is 0 Å². The molecule has 0 radical (unpaired) electrons. The number of benzene rings is 4. The quantitative estimate of drug-likeness (QED) is 0.0989. The van der Waals surface area contributed by atoms with Gasteiger partial charge >= 0.3 is 0 Å². The third-order valence-electron chi connectivity index (χ3n) is 6.97. The van der Waals surface area contributed by atoms with Crippen LogP contribution in [0.25, 0.3) is 21.5 Å². The fourth-order valence-electron chi connectivity index (χ4n) is 4.86. The minimum absolute atomic E-state index is 0.717. The largest absolute Gasteiger partial charge is 0.490 e. The van der Waals surface area contributed by atoms with E-state index in [1.54, 1.807) is 0 Å². The molecular formula is C34H41NO2. The minimum Gasteiger partial charge on any atom is -0.490 e. The number of nitrogens with zero attached hydrogens (tertiary/aromatic N) is 1. The van der Waals surface area contributed by atoms with E-state index in [-0.39, 0.29) is 0 Å². The van der Waals surface area contributed by atoms with Crippen LogP contribution in [0, 0.1) is 6.92 Å². The van der Waals surface area contributed by atoms with Gasteiger partial charge in [0, 0.05) is 17.3 Å². The zero-order chi connectivity index (χ0) is 25.9. The summed E-state index contributed by atoms with van der Waals surface area (Å²) in [7, 11) is 0. The molecule has 0 atom stereocenters. The Kier molecular flexibility index (Phi) is 9.99. The van der Waals surface area contributed by atoms with Crippen molar-refractivity contribution < 1.29 is 9.47 Å². The van der Waals surface area contributed by atoms with Crippen molar-refractivity contribution in [3.63, 3.8) is 0 Å². The minimum atomic E-state index is 0.717. The Morgan fingerprint density at radius 1 is 0.649 bits per heavy atom. The number of rotatable bonds is 14. The number of aryl methyl sites for hydroxylation is 1. The van der Waals surface area contributed by atoms with Crippen LogP contribution in [0.15, 0.2) is 71.7 Å². The number of fused-ring (bicyclic) bond motifs is 3. The molecule has 0 N–H and O–H groups in total. The summed E-state index contributed by atoms with van der Waals surface area (Å²) in [4.78, 5) is 4.77. The van der Waals surface area contributed by atoms with E-state index in [1.807, 2.05) is 36.5 Å². The van der Waals surface area contributed by atoms with Crippen LogP contribution < -0.4 is 9.47 Å². The Labute approximate surface area is 222 Å². The maximum absolute atomic E-state index is 6.42. The molecule has 194 valence electrons. The van der Waals surface area contributed by atoms with Crippen LogP contribution >= 0.6 is 0 Å². The molecule has 0 bridgehead atoms. The predicted molar refractivity (Wildman–Crippen MR) is 159 cm³/mol. The highest BCUT2D eigenvalue weighted by molar-refractivity contribution is 6.15. The summed E-state index contributed by atoms with van der Waals surface area (Å²) in [6.07, 6.45) is 11.5. The van der Waals surface area contributed by atoms with Crippen LogP contribution in [0.4, 0.5) is 5.69 Å². The normalized spacial score (nSPS) is 11.5. The Bertz CT molecular complexity index is 1310. The van der Waals surface area contributed by atoms with Gasteiger partial charge in [-0.2, -0.15) is 0 Å². The summed E-state index contributed by atoms with van der Waals surface area (Å²) in [5, 5.41) is 4.79. The molecule has 0 aliphatic carbocycles. The van der Waals surface area contributed by atoms with E-state index in [1.165, 1.54) is 60.1 Å². The van der Waals surface area contributed by atoms with Crippen molar-refractivity contribution in [3.05, 3.63) is 77.9 Å². The van der Waals surface area contributed by atoms with E-state index in [9.17, 15) is 0 Å². The Hall–Kier alpha value is -3.33. The molecule has 0 fully saturated rings. The Morgan fingerprint density at radius 3 is 2.00 bits per heavy atom.